The summed E-state index contributed by atoms with van der Waals surface area (Å²) in [7, 11) is 0. The van der Waals surface area contributed by atoms with E-state index in [1.165, 1.54) is 22.5 Å². The van der Waals surface area contributed by atoms with Crippen molar-refractivity contribution in [2.45, 2.75) is 25.5 Å². The third-order valence-corrected chi connectivity index (χ3v) is 5.59. The molecule has 4 rings (SSSR count). The van der Waals surface area contributed by atoms with Crippen molar-refractivity contribution in [1.82, 2.24) is 19.7 Å². The van der Waals surface area contributed by atoms with Gasteiger partial charge in [0.2, 0.25) is 11.9 Å². The van der Waals surface area contributed by atoms with Crippen LogP contribution in [0, 0.1) is 0 Å². The highest BCUT2D eigenvalue weighted by atomic mass is 32.2. The van der Waals surface area contributed by atoms with E-state index in [0.29, 0.717) is 29.4 Å². The Bertz CT molecular complexity index is 1230. The van der Waals surface area contributed by atoms with E-state index < -0.39 is 0 Å². The molecule has 0 bridgehead atoms. The standard InChI is InChI=1S/C23H23N5O3S/c1-2-7-17-12-21(29)26-23(24-17)28-20(13-18(27-28)19-10-6-11-31-19)25-22(30)15-32-14-16-8-4-3-5-9-16/h3-6,8-13H,2,7,14-15H2,1H3,(H,25,30)(H,24,26,29). The Morgan fingerprint density at radius 1 is 1.19 bits per heavy atom. The van der Waals surface area contributed by atoms with Crippen LogP contribution in [0.25, 0.3) is 17.4 Å². The molecule has 4 aromatic rings. The molecular weight excluding hydrogens is 426 g/mol. The first-order chi connectivity index (χ1) is 15.6. The Hall–Kier alpha value is -3.59. The largest absolute Gasteiger partial charge is 0.463 e. The molecular formula is C23H23N5O3S. The van der Waals surface area contributed by atoms with Gasteiger partial charge in [0.1, 0.15) is 11.5 Å². The highest BCUT2D eigenvalue weighted by Gasteiger charge is 2.17. The van der Waals surface area contributed by atoms with Gasteiger partial charge in [0.25, 0.3) is 5.56 Å². The third-order valence-electron chi connectivity index (χ3n) is 4.58. The lowest BCUT2D eigenvalue weighted by Gasteiger charge is -2.09. The highest BCUT2D eigenvalue weighted by Crippen LogP contribution is 2.24. The summed E-state index contributed by atoms with van der Waals surface area (Å²) in [5.41, 5.74) is 2.07. The average molecular weight is 450 g/mol. The molecule has 0 aliphatic rings. The lowest BCUT2D eigenvalue weighted by Crippen LogP contribution is -2.20. The Kier molecular flexibility index (Phi) is 6.86. The van der Waals surface area contributed by atoms with E-state index in [9.17, 15) is 9.59 Å². The van der Waals surface area contributed by atoms with E-state index in [0.717, 1.165) is 17.7 Å². The second-order valence-corrected chi connectivity index (χ2v) is 8.13. The van der Waals surface area contributed by atoms with Crippen LogP contribution in [-0.4, -0.2) is 31.4 Å². The van der Waals surface area contributed by atoms with Crippen molar-refractivity contribution < 1.29 is 9.21 Å². The zero-order valence-electron chi connectivity index (χ0n) is 17.6. The van der Waals surface area contributed by atoms with E-state index >= 15 is 0 Å². The van der Waals surface area contributed by atoms with Gasteiger partial charge in [-0.2, -0.15) is 9.78 Å². The van der Waals surface area contributed by atoms with Crippen LogP contribution in [0.15, 0.2) is 70.1 Å². The van der Waals surface area contributed by atoms with Crippen molar-refractivity contribution >= 4 is 23.5 Å². The van der Waals surface area contributed by atoms with Crippen LogP contribution in [-0.2, 0) is 17.0 Å². The Balaban J connectivity index is 1.57. The summed E-state index contributed by atoms with van der Waals surface area (Å²) in [5.74, 6) is 2.02. The summed E-state index contributed by atoms with van der Waals surface area (Å²) in [4.78, 5) is 32.0. The number of aryl methyl sites for hydroxylation is 1. The van der Waals surface area contributed by atoms with Crippen molar-refractivity contribution in [2.24, 2.45) is 0 Å². The fourth-order valence-corrected chi connectivity index (χ4v) is 3.96. The lowest BCUT2D eigenvalue weighted by molar-refractivity contribution is -0.113. The first-order valence-corrected chi connectivity index (χ1v) is 11.4. The van der Waals surface area contributed by atoms with Gasteiger partial charge >= 0.3 is 0 Å². The monoisotopic (exact) mass is 449 g/mol. The van der Waals surface area contributed by atoms with Gasteiger partial charge in [-0.1, -0.05) is 43.7 Å². The molecule has 32 heavy (non-hydrogen) atoms. The maximum absolute atomic E-state index is 12.6. The molecule has 1 aromatic carbocycles. The maximum Gasteiger partial charge on any atom is 0.252 e. The number of rotatable bonds is 9. The summed E-state index contributed by atoms with van der Waals surface area (Å²) in [5, 5.41) is 7.40. The molecule has 0 saturated heterocycles. The van der Waals surface area contributed by atoms with E-state index in [1.54, 1.807) is 24.5 Å². The minimum atomic E-state index is -0.274. The molecule has 2 N–H and O–H groups in total. The van der Waals surface area contributed by atoms with Crippen molar-refractivity contribution in [2.75, 3.05) is 11.1 Å². The Morgan fingerprint density at radius 2 is 2.03 bits per heavy atom. The molecule has 0 aliphatic carbocycles. The number of anilines is 1. The summed E-state index contributed by atoms with van der Waals surface area (Å²) >= 11 is 1.52. The van der Waals surface area contributed by atoms with Crippen LogP contribution in [0.2, 0.25) is 0 Å². The molecule has 0 saturated carbocycles. The van der Waals surface area contributed by atoms with Crippen LogP contribution in [0.5, 0.6) is 0 Å². The number of aromatic amines is 1. The highest BCUT2D eigenvalue weighted by molar-refractivity contribution is 7.99. The number of hydrogen-bond acceptors (Lipinski definition) is 6. The molecule has 0 unspecified atom stereocenters. The lowest BCUT2D eigenvalue weighted by atomic mass is 10.2. The van der Waals surface area contributed by atoms with Crippen molar-refractivity contribution in [3.05, 3.63) is 82.5 Å². The Morgan fingerprint density at radius 3 is 2.78 bits per heavy atom. The number of amides is 1. The van der Waals surface area contributed by atoms with Crippen molar-refractivity contribution in [3.8, 4) is 17.4 Å². The smallest absolute Gasteiger partial charge is 0.252 e. The Labute approximate surface area is 189 Å². The van der Waals surface area contributed by atoms with Gasteiger partial charge in [-0.25, -0.2) is 4.98 Å². The van der Waals surface area contributed by atoms with Crippen molar-refractivity contribution in [1.29, 1.82) is 0 Å². The zero-order valence-corrected chi connectivity index (χ0v) is 18.4. The number of benzene rings is 1. The summed E-state index contributed by atoms with van der Waals surface area (Å²) in [6.07, 6.45) is 3.07. The van der Waals surface area contributed by atoms with Gasteiger partial charge in [-0.15, -0.1) is 11.8 Å². The molecule has 3 aromatic heterocycles. The fourth-order valence-electron chi connectivity index (χ4n) is 3.17. The number of hydrogen-bond donors (Lipinski definition) is 2. The number of carbonyl (C=O) groups is 1. The predicted octanol–water partition coefficient (Wildman–Crippen LogP) is 4.04. The van der Waals surface area contributed by atoms with Crippen LogP contribution in [0.1, 0.15) is 24.6 Å². The zero-order chi connectivity index (χ0) is 22.3. The van der Waals surface area contributed by atoms with Crippen LogP contribution >= 0.6 is 11.8 Å². The second kappa shape index (κ2) is 10.1. The number of carbonyl (C=O) groups excluding carboxylic acids is 1. The molecule has 0 radical (unpaired) electrons. The fraction of sp³-hybridized carbons (Fsp3) is 0.217. The number of thioether (sulfide) groups is 1. The van der Waals surface area contributed by atoms with E-state index in [2.05, 4.69) is 20.4 Å². The number of nitrogens with zero attached hydrogens (tertiary/aromatic N) is 3. The average Bonchev–Trinajstić information content (AvgIpc) is 3.44. The van der Waals surface area contributed by atoms with Gasteiger partial charge in [0.05, 0.1) is 12.0 Å². The molecule has 0 spiro atoms. The van der Waals surface area contributed by atoms with Crippen molar-refractivity contribution in [3.63, 3.8) is 0 Å². The molecule has 9 heteroatoms. The number of nitrogens with one attached hydrogen (secondary N) is 2. The molecule has 1 amide bonds. The molecule has 164 valence electrons. The van der Waals surface area contributed by atoms with Crippen LogP contribution in [0.4, 0.5) is 5.82 Å². The molecule has 8 nitrogen and oxygen atoms in total. The van der Waals surface area contributed by atoms with Gasteiger partial charge in [0, 0.05) is 23.6 Å². The summed E-state index contributed by atoms with van der Waals surface area (Å²) in [6.45, 7) is 2.02. The van der Waals surface area contributed by atoms with Gasteiger partial charge in [-0.3, -0.25) is 14.6 Å². The minimum Gasteiger partial charge on any atom is -0.463 e. The van der Waals surface area contributed by atoms with Gasteiger partial charge in [0.15, 0.2) is 5.76 Å². The molecule has 0 atom stereocenters. The van der Waals surface area contributed by atoms with E-state index in [4.69, 9.17) is 4.42 Å². The first-order valence-electron chi connectivity index (χ1n) is 10.3. The third kappa shape index (κ3) is 5.36. The minimum absolute atomic E-state index is 0.176. The number of aromatic nitrogens is 4. The molecule has 3 heterocycles. The van der Waals surface area contributed by atoms with E-state index in [1.807, 2.05) is 37.3 Å². The SMILES string of the molecule is CCCc1cc(=O)[nH]c(-n2nc(-c3ccco3)cc2NC(=O)CSCc2ccccc2)n1. The number of furan rings is 1. The van der Waals surface area contributed by atoms with Crippen LogP contribution < -0.4 is 10.9 Å². The van der Waals surface area contributed by atoms with Crippen LogP contribution in [0.3, 0.4) is 0 Å². The van der Waals surface area contributed by atoms with Gasteiger partial charge in [-0.05, 0) is 24.1 Å². The summed E-state index contributed by atoms with van der Waals surface area (Å²) < 4.78 is 6.87. The molecule has 0 fully saturated rings. The van der Waals surface area contributed by atoms with Gasteiger partial charge < -0.3 is 9.73 Å². The number of H-pyrrole nitrogens is 1. The maximum atomic E-state index is 12.6. The van der Waals surface area contributed by atoms with E-state index in [-0.39, 0.29) is 23.2 Å². The first kappa shape index (κ1) is 21.6. The summed E-state index contributed by atoms with van der Waals surface area (Å²) in [6, 6.07) is 16.7. The predicted molar refractivity (Wildman–Crippen MR) is 125 cm³/mol. The molecule has 0 aliphatic heterocycles. The quantitative estimate of drug-likeness (QED) is 0.399. The topological polar surface area (TPSA) is 106 Å². The second-order valence-electron chi connectivity index (χ2n) is 7.14. The normalized spacial score (nSPS) is 10.9.